The highest BCUT2D eigenvalue weighted by molar-refractivity contribution is 7.98. The maximum atomic E-state index is 12.2. The molecular weight excluding hydrogens is 484 g/mol. The molecule has 1 atom stereocenters. The van der Waals surface area contributed by atoms with Gasteiger partial charge in [0.1, 0.15) is 5.88 Å². The Morgan fingerprint density at radius 2 is 1.89 bits per heavy atom. The summed E-state index contributed by atoms with van der Waals surface area (Å²) in [6.07, 6.45) is 2.80. The summed E-state index contributed by atoms with van der Waals surface area (Å²) in [7, 11) is 1.64. The number of hydrogen-bond acceptors (Lipinski definition) is 8. The van der Waals surface area contributed by atoms with Gasteiger partial charge >= 0.3 is 0 Å². The number of carbonyl (C=O) groups is 1. The molecule has 0 bridgehead atoms. The van der Waals surface area contributed by atoms with Crippen LogP contribution in [0.5, 0.6) is 0 Å². The second-order valence-corrected chi connectivity index (χ2v) is 10.1. The van der Waals surface area contributed by atoms with E-state index in [1.807, 2.05) is 32.2 Å². The Bertz CT molecular complexity index is 954. The molecule has 0 saturated carbocycles. The van der Waals surface area contributed by atoms with Crippen molar-refractivity contribution in [3.05, 3.63) is 29.3 Å². The number of alkyl halides is 1. The SMILES string of the molecule is CCN(c1nc(N)nc(SC)n1)C(C)(C)C.CCc1cccc(C)c1N(C(=O)CCl)C(C)COC. The van der Waals surface area contributed by atoms with Crippen molar-refractivity contribution in [2.24, 2.45) is 0 Å². The maximum absolute atomic E-state index is 12.2. The highest BCUT2D eigenvalue weighted by Crippen LogP contribution is 2.28. The minimum absolute atomic E-state index is 0.0223. The van der Waals surface area contributed by atoms with E-state index >= 15 is 0 Å². The van der Waals surface area contributed by atoms with Gasteiger partial charge in [-0.2, -0.15) is 15.0 Å². The molecule has 1 amide bonds. The molecule has 1 heterocycles. The number of anilines is 3. The van der Waals surface area contributed by atoms with E-state index in [4.69, 9.17) is 22.1 Å². The summed E-state index contributed by atoms with van der Waals surface area (Å²) < 4.78 is 5.18. The van der Waals surface area contributed by atoms with Crippen molar-refractivity contribution in [2.45, 2.75) is 71.6 Å². The standard InChI is InChI=1S/C15H22ClNO2.C10H19N5S/c1-5-13-8-6-7-11(2)15(13)17(14(18)9-16)12(3)10-19-4;1-6-15(10(2,3)4)8-12-7(11)13-9(14-8)16-5/h6-8,12H,5,9-10H2,1-4H3;6H2,1-5H3,(H2,11,12,13,14). The first-order valence-electron chi connectivity index (χ1n) is 11.7. The Hall–Kier alpha value is -2.10. The smallest absolute Gasteiger partial charge is 0.242 e. The highest BCUT2D eigenvalue weighted by Gasteiger charge is 2.25. The number of benzene rings is 1. The average molecular weight is 525 g/mol. The molecule has 2 N–H and O–H groups in total. The Kier molecular flexibility index (Phi) is 12.8. The average Bonchev–Trinajstić information content (AvgIpc) is 2.79. The molecule has 0 radical (unpaired) electrons. The number of aryl methyl sites for hydroxylation is 2. The quantitative estimate of drug-likeness (QED) is 0.363. The number of nitrogen functional groups attached to an aromatic ring is 1. The van der Waals surface area contributed by atoms with Crippen molar-refractivity contribution in [3.8, 4) is 0 Å². The van der Waals surface area contributed by atoms with Crippen LogP contribution in [-0.2, 0) is 16.0 Å². The van der Waals surface area contributed by atoms with Gasteiger partial charge in [-0.05, 0) is 65.3 Å². The summed E-state index contributed by atoms with van der Waals surface area (Å²) in [5.41, 5.74) is 8.85. The number of thioether (sulfide) groups is 1. The van der Waals surface area contributed by atoms with Crippen LogP contribution >= 0.6 is 23.4 Å². The predicted octanol–water partition coefficient (Wildman–Crippen LogP) is 4.96. The summed E-state index contributed by atoms with van der Waals surface area (Å²) in [6.45, 7) is 15.8. The summed E-state index contributed by atoms with van der Waals surface area (Å²) in [4.78, 5) is 28.7. The van der Waals surface area contributed by atoms with Crippen LogP contribution in [0.25, 0.3) is 0 Å². The molecule has 0 spiro atoms. The highest BCUT2D eigenvalue weighted by atomic mass is 35.5. The molecule has 2 rings (SSSR count). The van der Waals surface area contributed by atoms with Crippen LogP contribution in [0.4, 0.5) is 17.6 Å². The molecule has 0 aliphatic rings. The van der Waals surface area contributed by atoms with Crippen molar-refractivity contribution in [3.63, 3.8) is 0 Å². The van der Waals surface area contributed by atoms with Crippen molar-refractivity contribution in [2.75, 3.05) is 47.9 Å². The molecule has 0 aliphatic heterocycles. The number of aromatic nitrogens is 3. The predicted molar refractivity (Wildman–Crippen MR) is 149 cm³/mol. The number of ether oxygens (including phenoxy) is 1. The molecule has 35 heavy (non-hydrogen) atoms. The number of methoxy groups -OCH3 is 1. The first kappa shape index (κ1) is 30.9. The second-order valence-electron chi connectivity index (χ2n) is 9.03. The molecule has 1 unspecified atom stereocenters. The first-order chi connectivity index (χ1) is 16.4. The third-order valence-electron chi connectivity index (χ3n) is 5.35. The van der Waals surface area contributed by atoms with Gasteiger partial charge in [0, 0.05) is 19.2 Å². The van der Waals surface area contributed by atoms with Crippen LogP contribution in [0.15, 0.2) is 23.4 Å². The van der Waals surface area contributed by atoms with Gasteiger partial charge in [-0.15, -0.1) is 11.6 Å². The van der Waals surface area contributed by atoms with Crippen molar-refractivity contribution < 1.29 is 9.53 Å². The molecule has 1 aromatic heterocycles. The lowest BCUT2D eigenvalue weighted by Crippen LogP contribution is -2.43. The number of hydrogen-bond donors (Lipinski definition) is 1. The van der Waals surface area contributed by atoms with Gasteiger partial charge in [-0.25, -0.2) is 0 Å². The number of para-hydroxylation sites is 1. The fourth-order valence-electron chi connectivity index (χ4n) is 3.81. The molecule has 0 saturated heterocycles. The number of nitrogens with zero attached hydrogens (tertiary/aromatic N) is 5. The zero-order valence-electron chi connectivity index (χ0n) is 22.6. The third-order valence-corrected chi connectivity index (χ3v) is 6.12. The molecule has 1 aromatic carbocycles. The number of rotatable bonds is 9. The fourth-order valence-corrected chi connectivity index (χ4v) is 4.30. The van der Waals surface area contributed by atoms with Gasteiger partial charge in [0.2, 0.25) is 17.8 Å². The van der Waals surface area contributed by atoms with E-state index in [1.165, 1.54) is 11.8 Å². The molecule has 10 heteroatoms. The topological polar surface area (TPSA) is 97.5 Å². The van der Waals surface area contributed by atoms with Gasteiger partial charge in [0.15, 0.2) is 5.16 Å². The Balaban J connectivity index is 0.000000355. The lowest BCUT2D eigenvalue weighted by Gasteiger charge is -2.34. The zero-order chi connectivity index (χ0) is 26.8. The van der Waals surface area contributed by atoms with Crippen LogP contribution in [0.2, 0.25) is 0 Å². The summed E-state index contributed by atoms with van der Waals surface area (Å²) in [5.74, 6) is 0.810. The maximum Gasteiger partial charge on any atom is 0.242 e. The van der Waals surface area contributed by atoms with E-state index in [0.29, 0.717) is 17.7 Å². The Morgan fingerprint density at radius 1 is 1.23 bits per heavy atom. The van der Waals surface area contributed by atoms with Gasteiger partial charge in [-0.3, -0.25) is 4.79 Å². The zero-order valence-corrected chi connectivity index (χ0v) is 24.1. The van der Waals surface area contributed by atoms with E-state index in [-0.39, 0.29) is 29.3 Å². The summed E-state index contributed by atoms with van der Waals surface area (Å²) in [5, 5.41) is 0.658. The minimum atomic E-state index is -0.0878. The molecule has 0 aliphatic carbocycles. The number of halogens is 1. The van der Waals surface area contributed by atoms with Crippen molar-refractivity contribution in [1.29, 1.82) is 0 Å². The largest absolute Gasteiger partial charge is 0.383 e. The van der Waals surface area contributed by atoms with Crippen LogP contribution < -0.4 is 15.5 Å². The molecule has 8 nitrogen and oxygen atoms in total. The lowest BCUT2D eigenvalue weighted by atomic mass is 10.0. The minimum Gasteiger partial charge on any atom is -0.383 e. The molecular formula is C25H41ClN6O2S. The molecule has 196 valence electrons. The van der Waals surface area contributed by atoms with E-state index < -0.39 is 0 Å². The molecule has 2 aromatic rings. The van der Waals surface area contributed by atoms with Gasteiger partial charge in [0.05, 0.1) is 18.3 Å². The van der Waals surface area contributed by atoms with E-state index in [0.717, 1.165) is 29.8 Å². The monoisotopic (exact) mass is 524 g/mol. The normalized spacial score (nSPS) is 11.9. The van der Waals surface area contributed by atoms with Crippen molar-refractivity contribution in [1.82, 2.24) is 15.0 Å². The number of amides is 1. The lowest BCUT2D eigenvalue weighted by molar-refractivity contribution is -0.116. The van der Waals surface area contributed by atoms with Gasteiger partial charge in [0.25, 0.3) is 0 Å². The summed E-state index contributed by atoms with van der Waals surface area (Å²) >= 11 is 7.22. The third kappa shape index (κ3) is 8.81. The van der Waals surface area contributed by atoms with E-state index in [1.54, 1.807) is 12.0 Å². The Morgan fingerprint density at radius 3 is 2.37 bits per heavy atom. The first-order valence-corrected chi connectivity index (χ1v) is 13.5. The van der Waals surface area contributed by atoms with Crippen LogP contribution in [-0.4, -0.2) is 64.8 Å². The van der Waals surface area contributed by atoms with Crippen molar-refractivity contribution >= 4 is 46.9 Å². The van der Waals surface area contributed by atoms with Crippen LogP contribution in [0, 0.1) is 6.92 Å². The van der Waals surface area contributed by atoms with Gasteiger partial charge in [-0.1, -0.05) is 36.9 Å². The van der Waals surface area contributed by atoms with E-state index in [9.17, 15) is 4.79 Å². The van der Waals surface area contributed by atoms with Crippen LogP contribution in [0.1, 0.15) is 52.7 Å². The van der Waals surface area contributed by atoms with Gasteiger partial charge < -0.3 is 20.3 Å². The summed E-state index contributed by atoms with van der Waals surface area (Å²) in [6, 6.07) is 6.05. The number of carbonyl (C=O) groups excluding carboxylic acids is 1. The van der Waals surface area contributed by atoms with Crippen LogP contribution in [0.3, 0.4) is 0 Å². The second kappa shape index (κ2) is 14.5. The van der Waals surface area contributed by atoms with E-state index in [2.05, 4.69) is 60.5 Å². The Labute approximate surface area is 220 Å². The molecule has 0 fully saturated rings. The number of nitrogens with two attached hydrogens (primary N) is 1. The fraction of sp³-hybridized carbons (Fsp3) is 0.600.